The lowest BCUT2D eigenvalue weighted by atomic mass is 10.3. The standard InChI is InChI=1S/C8H15N/c1-4-6-9-7-8(3)5-2/h5-6H,4,7H2,1-3H3. The van der Waals surface area contributed by atoms with Crippen molar-refractivity contribution in [2.75, 3.05) is 6.54 Å². The molecule has 0 atom stereocenters. The predicted molar refractivity (Wildman–Crippen MR) is 43.1 cm³/mol. The highest BCUT2D eigenvalue weighted by atomic mass is 14.7. The van der Waals surface area contributed by atoms with Crippen molar-refractivity contribution in [2.45, 2.75) is 27.2 Å². The van der Waals surface area contributed by atoms with Crippen LogP contribution in [0.25, 0.3) is 0 Å². The molecule has 0 rings (SSSR count). The van der Waals surface area contributed by atoms with Crippen molar-refractivity contribution in [1.29, 1.82) is 0 Å². The van der Waals surface area contributed by atoms with Gasteiger partial charge >= 0.3 is 0 Å². The molecule has 0 bridgehead atoms. The number of allylic oxidation sites excluding steroid dienone is 1. The third-order valence-electron chi connectivity index (χ3n) is 1.15. The summed E-state index contributed by atoms with van der Waals surface area (Å²) >= 11 is 0. The Balaban J connectivity index is 3.38. The molecule has 0 heterocycles. The Morgan fingerprint density at radius 3 is 2.67 bits per heavy atom. The van der Waals surface area contributed by atoms with E-state index in [1.165, 1.54) is 5.57 Å². The van der Waals surface area contributed by atoms with Crippen molar-refractivity contribution in [3.63, 3.8) is 0 Å². The van der Waals surface area contributed by atoms with E-state index in [2.05, 4.69) is 24.9 Å². The van der Waals surface area contributed by atoms with Crippen molar-refractivity contribution in [3.05, 3.63) is 11.6 Å². The zero-order chi connectivity index (χ0) is 7.11. The van der Waals surface area contributed by atoms with Crippen LogP contribution < -0.4 is 0 Å². The maximum atomic E-state index is 4.17. The largest absolute Gasteiger partial charge is 0.293 e. The Morgan fingerprint density at radius 1 is 1.56 bits per heavy atom. The molecule has 0 aromatic carbocycles. The molecule has 0 fully saturated rings. The molecule has 0 aromatic rings. The van der Waals surface area contributed by atoms with Gasteiger partial charge in [-0.3, -0.25) is 4.99 Å². The van der Waals surface area contributed by atoms with E-state index in [9.17, 15) is 0 Å². The van der Waals surface area contributed by atoms with Crippen LogP contribution in [0.3, 0.4) is 0 Å². The molecule has 0 N–H and O–H groups in total. The molecule has 0 saturated heterocycles. The van der Waals surface area contributed by atoms with E-state index in [-0.39, 0.29) is 0 Å². The van der Waals surface area contributed by atoms with E-state index in [1.807, 2.05) is 13.1 Å². The fourth-order valence-corrected chi connectivity index (χ4v) is 0.429. The van der Waals surface area contributed by atoms with Crippen LogP contribution in [0.2, 0.25) is 0 Å². The van der Waals surface area contributed by atoms with Crippen molar-refractivity contribution < 1.29 is 0 Å². The summed E-state index contributed by atoms with van der Waals surface area (Å²) in [7, 11) is 0. The topological polar surface area (TPSA) is 12.4 Å². The molecule has 0 unspecified atom stereocenters. The van der Waals surface area contributed by atoms with Crippen molar-refractivity contribution in [1.82, 2.24) is 0 Å². The Labute approximate surface area is 57.5 Å². The van der Waals surface area contributed by atoms with Crippen LogP contribution in [0.5, 0.6) is 0 Å². The van der Waals surface area contributed by atoms with Gasteiger partial charge in [-0.2, -0.15) is 0 Å². The number of aliphatic imine (C=N–C) groups is 1. The van der Waals surface area contributed by atoms with Crippen LogP contribution in [0.4, 0.5) is 0 Å². The molecule has 1 heteroatoms. The zero-order valence-corrected chi connectivity index (χ0v) is 6.52. The van der Waals surface area contributed by atoms with Crippen LogP contribution in [-0.2, 0) is 0 Å². The summed E-state index contributed by atoms with van der Waals surface area (Å²) in [6, 6.07) is 0. The van der Waals surface area contributed by atoms with Crippen LogP contribution in [0.15, 0.2) is 16.6 Å². The summed E-state index contributed by atoms with van der Waals surface area (Å²) in [5, 5.41) is 0. The highest BCUT2D eigenvalue weighted by Crippen LogP contribution is 1.90. The fraction of sp³-hybridized carbons (Fsp3) is 0.625. The third-order valence-corrected chi connectivity index (χ3v) is 1.15. The van der Waals surface area contributed by atoms with Gasteiger partial charge in [0.25, 0.3) is 0 Å². The van der Waals surface area contributed by atoms with E-state index in [1.54, 1.807) is 0 Å². The first-order valence-electron chi connectivity index (χ1n) is 3.41. The monoisotopic (exact) mass is 125 g/mol. The van der Waals surface area contributed by atoms with Crippen molar-refractivity contribution in [3.8, 4) is 0 Å². The molecule has 0 aromatic heterocycles. The summed E-state index contributed by atoms with van der Waals surface area (Å²) < 4.78 is 0. The highest BCUT2D eigenvalue weighted by molar-refractivity contribution is 5.56. The van der Waals surface area contributed by atoms with Crippen LogP contribution in [0, 0.1) is 0 Å². The molecule has 1 nitrogen and oxygen atoms in total. The molecule has 0 spiro atoms. The van der Waals surface area contributed by atoms with E-state index >= 15 is 0 Å². The Kier molecular flexibility index (Phi) is 5.18. The van der Waals surface area contributed by atoms with E-state index in [0.717, 1.165) is 13.0 Å². The number of hydrogen-bond donors (Lipinski definition) is 0. The maximum Gasteiger partial charge on any atom is 0.0592 e. The van der Waals surface area contributed by atoms with Gasteiger partial charge in [-0.05, 0) is 26.5 Å². The van der Waals surface area contributed by atoms with Gasteiger partial charge in [0.1, 0.15) is 0 Å². The van der Waals surface area contributed by atoms with E-state index in [0.29, 0.717) is 0 Å². The maximum absolute atomic E-state index is 4.17. The smallest absolute Gasteiger partial charge is 0.0592 e. The lowest BCUT2D eigenvalue weighted by molar-refractivity contribution is 1.12. The third kappa shape index (κ3) is 5.28. The number of hydrogen-bond acceptors (Lipinski definition) is 1. The predicted octanol–water partition coefficient (Wildman–Crippen LogP) is 2.43. The summed E-state index contributed by atoms with van der Waals surface area (Å²) in [5.74, 6) is 0. The summed E-state index contributed by atoms with van der Waals surface area (Å²) in [5.41, 5.74) is 1.33. The number of rotatable bonds is 3. The van der Waals surface area contributed by atoms with Gasteiger partial charge in [0.05, 0.1) is 6.54 Å². The van der Waals surface area contributed by atoms with Crippen LogP contribution in [0.1, 0.15) is 27.2 Å². The molecule has 52 valence electrons. The van der Waals surface area contributed by atoms with Gasteiger partial charge in [-0.15, -0.1) is 0 Å². The van der Waals surface area contributed by atoms with Gasteiger partial charge in [0, 0.05) is 0 Å². The SMILES string of the molecule is CC=C(C)CN=CCC. The average Bonchev–Trinajstić information content (AvgIpc) is 1.89. The second-order valence-electron chi connectivity index (χ2n) is 2.07. The molecular formula is C8H15N. The lowest BCUT2D eigenvalue weighted by Gasteiger charge is -1.90. The lowest BCUT2D eigenvalue weighted by Crippen LogP contribution is -1.81. The second kappa shape index (κ2) is 5.54. The Bertz CT molecular complexity index is 112. The van der Waals surface area contributed by atoms with Gasteiger partial charge in [-0.1, -0.05) is 18.6 Å². The molecule has 0 radical (unpaired) electrons. The average molecular weight is 125 g/mol. The van der Waals surface area contributed by atoms with Crippen molar-refractivity contribution in [2.24, 2.45) is 4.99 Å². The summed E-state index contributed by atoms with van der Waals surface area (Å²) in [6.07, 6.45) is 5.08. The highest BCUT2D eigenvalue weighted by Gasteiger charge is 1.79. The quantitative estimate of drug-likeness (QED) is 0.406. The molecule has 0 aliphatic carbocycles. The zero-order valence-electron chi connectivity index (χ0n) is 6.52. The van der Waals surface area contributed by atoms with Crippen molar-refractivity contribution >= 4 is 6.21 Å². The first kappa shape index (κ1) is 8.41. The van der Waals surface area contributed by atoms with Gasteiger partial charge < -0.3 is 0 Å². The van der Waals surface area contributed by atoms with Gasteiger partial charge in [-0.25, -0.2) is 0 Å². The Hall–Kier alpha value is -0.590. The van der Waals surface area contributed by atoms with Crippen LogP contribution in [-0.4, -0.2) is 12.8 Å². The van der Waals surface area contributed by atoms with Gasteiger partial charge in [0.2, 0.25) is 0 Å². The molecule has 9 heavy (non-hydrogen) atoms. The minimum absolute atomic E-state index is 0.865. The first-order chi connectivity index (χ1) is 4.31. The molecular weight excluding hydrogens is 110 g/mol. The van der Waals surface area contributed by atoms with Gasteiger partial charge in [0.15, 0.2) is 0 Å². The molecule has 0 aliphatic heterocycles. The molecule has 0 saturated carbocycles. The first-order valence-corrected chi connectivity index (χ1v) is 3.41. The minimum atomic E-state index is 0.865. The Morgan fingerprint density at radius 2 is 2.22 bits per heavy atom. The molecule has 0 aliphatic rings. The minimum Gasteiger partial charge on any atom is -0.293 e. The second-order valence-corrected chi connectivity index (χ2v) is 2.07. The summed E-state index contributed by atoms with van der Waals surface area (Å²) in [4.78, 5) is 4.17. The summed E-state index contributed by atoms with van der Waals surface area (Å²) in [6.45, 7) is 7.09. The fourth-order valence-electron chi connectivity index (χ4n) is 0.429. The molecule has 0 amide bonds. The van der Waals surface area contributed by atoms with Crippen LogP contribution >= 0.6 is 0 Å². The normalized spacial score (nSPS) is 13.0. The van der Waals surface area contributed by atoms with E-state index < -0.39 is 0 Å². The number of nitrogens with zero attached hydrogens (tertiary/aromatic N) is 1. The van der Waals surface area contributed by atoms with E-state index in [4.69, 9.17) is 0 Å².